The van der Waals surface area contributed by atoms with Gasteiger partial charge in [0, 0.05) is 5.39 Å². The zero-order chi connectivity index (χ0) is 13.1. The Morgan fingerprint density at radius 3 is 2.58 bits per heavy atom. The van der Waals surface area contributed by atoms with E-state index < -0.39 is 0 Å². The SMILES string of the molecule is N#Cc1ccc(Oc2cccc3ccccc23)cn1. The molecule has 90 valence electrons. The maximum Gasteiger partial charge on any atom is 0.145 e. The Labute approximate surface area is 110 Å². The predicted octanol–water partition coefficient (Wildman–Crippen LogP) is 3.90. The average Bonchev–Trinajstić information content (AvgIpc) is 2.48. The summed E-state index contributed by atoms with van der Waals surface area (Å²) in [6, 6.07) is 19.3. The fraction of sp³-hybridized carbons (Fsp3) is 0. The Morgan fingerprint density at radius 1 is 0.947 bits per heavy atom. The Kier molecular flexibility index (Phi) is 2.83. The molecule has 19 heavy (non-hydrogen) atoms. The van der Waals surface area contributed by atoms with Crippen LogP contribution in [0.15, 0.2) is 60.8 Å². The molecule has 0 aliphatic heterocycles. The lowest BCUT2D eigenvalue weighted by atomic mass is 10.1. The molecule has 0 atom stereocenters. The van der Waals surface area contributed by atoms with E-state index in [0.717, 1.165) is 16.5 Å². The van der Waals surface area contributed by atoms with Crippen LogP contribution in [-0.2, 0) is 0 Å². The van der Waals surface area contributed by atoms with E-state index in [2.05, 4.69) is 4.98 Å². The number of fused-ring (bicyclic) bond motifs is 1. The van der Waals surface area contributed by atoms with E-state index in [0.29, 0.717) is 11.4 Å². The molecular weight excluding hydrogens is 236 g/mol. The Morgan fingerprint density at radius 2 is 1.79 bits per heavy atom. The van der Waals surface area contributed by atoms with Crippen molar-refractivity contribution in [1.82, 2.24) is 4.98 Å². The smallest absolute Gasteiger partial charge is 0.145 e. The first-order valence-electron chi connectivity index (χ1n) is 5.88. The van der Waals surface area contributed by atoms with Gasteiger partial charge in [0.1, 0.15) is 23.3 Å². The van der Waals surface area contributed by atoms with Crippen molar-refractivity contribution in [3.8, 4) is 17.6 Å². The van der Waals surface area contributed by atoms with Crippen molar-refractivity contribution in [2.45, 2.75) is 0 Å². The largest absolute Gasteiger partial charge is 0.455 e. The summed E-state index contributed by atoms with van der Waals surface area (Å²) in [6.07, 6.45) is 1.56. The van der Waals surface area contributed by atoms with E-state index in [4.69, 9.17) is 10.00 Å². The highest BCUT2D eigenvalue weighted by atomic mass is 16.5. The van der Waals surface area contributed by atoms with Gasteiger partial charge in [-0.25, -0.2) is 4.98 Å². The van der Waals surface area contributed by atoms with Crippen LogP contribution in [-0.4, -0.2) is 4.98 Å². The standard InChI is InChI=1S/C16H10N2O/c17-10-13-8-9-14(11-18-13)19-16-7-3-5-12-4-1-2-6-15(12)16/h1-9,11H. The van der Waals surface area contributed by atoms with Crippen molar-refractivity contribution in [2.24, 2.45) is 0 Å². The van der Waals surface area contributed by atoms with E-state index in [1.165, 1.54) is 0 Å². The minimum atomic E-state index is 0.380. The first kappa shape index (κ1) is 11.2. The van der Waals surface area contributed by atoms with Gasteiger partial charge in [0.15, 0.2) is 0 Å². The molecule has 0 saturated heterocycles. The van der Waals surface area contributed by atoms with Gasteiger partial charge in [0.05, 0.1) is 6.20 Å². The fourth-order valence-electron chi connectivity index (χ4n) is 1.92. The van der Waals surface area contributed by atoms with Crippen molar-refractivity contribution in [2.75, 3.05) is 0 Å². The summed E-state index contributed by atoms with van der Waals surface area (Å²) in [6.45, 7) is 0. The summed E-state index contributed by atoms with van der Waals surface area (Å²) in [4.78, 5) is 3.99. The molecule has 0 saturated carbocycles. The quantitative estimate of drug-likeness (QED) is 0.688. The second-order valence-electron chi connectivity index (χ2n) is 4.07. The van der Waals surface area contributed by atoms with Gasteiger partial charge in [-0.15, -0.1) is 0 Å². The van der Waals surface area contributed by atoms with Crippen LogP contribution in [0.2, 0.25) is 0 Å². The maximum absolute atomic E-state index is 8.71. The number of nitrogens with zero attached hydrogens (tertiary/aromatic N) is 2. The first-order chi connectivity index (χ1) is 9.36. The van der Waals surface area contributed by atoms with Crippen molar-refractivity contribution in [1.29, 1.82) is 5.26 Å². The number of benzene rings is 2. The lowest BCUT2D eigenvalue weighted by molar-refractivity contribution is 0.486. The van der Waals surface area contributed by atoms with Crippen LogP contribution in [0.1, 0.15) is 5.69 Å². The molecule has 0 bridgehead atoms. The molecule has 3 nitrogen and oxygen atoms in total. The van der Waals surface area contributed by atoms with E-state index in [1.54, 1.807) is 18.3 Å². The molecule has 0 N–H and O–H groups in total. The highest BCUT2D eigenvalue weighted by molar-refractivity contribution is 5.88. The lowest BCUT2D eigenvalue weighted by Crippen LogP contribution is -1.88. The van der Waals surface area contributed by atoms with E-state index in [1.807, 2.05) is 48.5 Å². The van der Waals surface area contributed by atoms with Gasteiger partial charge in [0.2, 0.25) is 0 Å². The predicted molar refractivity (Wildman–Crippen MR) is 73.0 cm³/mol. The van der Waals surface area contributed by atoms with Crippen LogP contribution < -0.4 is 4.74 Å². The molecule has 0 aliphatic carbocycles. The Balaban J connectivity index is 1.99. The number of rotatable bonds is 2. The van der Waals surface area contributed by atoms with E-state index >= 15 is 0 Å². The number of hydrogen-bond acceptors (Lipinski definition) is 3. The molecule has 1 heterocycles. The van der Waals surface area contributed by atoms with Crippen LogP contribution >= 0.6 is 0 Å². The van der Waals surface area contributed by atoms with Crippen molar-refractivity contribution >= 4 is 10.8 Å². The molecule has 1 aromatic heterocycles. The van der Waals surface area contributed by atoms with Gasteiger partial charge < -0.3 is 4.74 Å². The van der Waals surface area contributed by atoms with Crippen LogP contribution in [0.3, 0.4) is 0 Å². The monoisotopic (exact) mass is 246 g/mol. The third kappa shape index (κ3) is 2.24. The third-order valence-corrected chi connectivity index (χ3v) is 2.83. The number of aromatic nitrogens is 1. The summed E-state index contributed by atoms with van der Waals surface area (Å²) in [7, 11) is 0. The van der Waals surface area contributed by atoms with Crippen LogP contribution in [0.25, 0.3) is 10.8 Å². The zero-order valence-electron chi connectivity index (χ0n) is 10.1. The third-order valence-electron chi connectivity index (χ3n) is 2.83. The average molecular weight is 246 g/mol. The minimum Gasteiger partial charge on any atom is -0.455 e. The fourth-order valence-corrected chi connectivity index (χ4v) is 1.92. The molecule has 3 heteroatoms. The van der Waals surface area contributed by atoms with Gasteiger partial charge in [-0.1, -0.05) is 36.4 Å². The highest BCUT2D eigenvalue weighted by Gasteiger charge is 2.03. The maximum atomic E-state index is 8.71. The highest BCUT2D eigenvalue weighted by Crippen LogP contribution is 2.29. The van der Waals surface area contributed by atoms with Gasteiger partial charge in [-0.2, -0.15) is 5.26 Å². The summed E-state index contributed by atoms with van der Waals surface area (Å²) in [5, 5.41) is 10.9. The van der Waals surface area contributed by atoms with Gasteiger partial charge in [-0.3, -0.25) is 0 Å². The van der Waals surface area contributed by atoms with Crippen molar-refractivity contribution in [3.63, 3.8) is 0 Å². The van der Waals surface area contributed by atoms with E-state index in [9.17, 15) is 0 Å². The Hall–Kier alpha value is -2.86. The summed E-state index contributed by atoms with van der Waals surface area (Å²) in [5.74, 6) is 1.40. The van der Waals surface area contributed by atoms with Crippen molar-refractivity contribution in [3.05, 3.63) is 66.5 Å². The normalized spacial score (nSPS) is 10.1. The molecule has 0 amide bonds. The lowest BCUT2D eigenvalue weighted by Gasteiger charge is -2.08. The molecule has 0 aliphatic rings. The minimum absolute atomic E-state index is 0.380. The van der Waals surface area contributed by atoms with Gasteiger partial charge >= 0.3 is 0 Å². The summed E-state index contributed by atoms with van der Waals surface area (Å²) in [5.41, 5.74) is 0.380. The van der Waals surface area contributed by atoms with Crippen LogP contribution in [0.5, 0.6) is 11.5 Å². The molecular formula is C16H10N2O. The number of hydrogen-bond donors (Lipinski definition) is 0. The first-order valence-corrected chi connectivity index (χ1v) is 5.88. The number of pyridine rings is 1. The summed E-state index contributed by atoms with van der Waals surface area (Å²) < 4.78 is 5.82. The van der Waals surface area contributed by atoms with Crippen LogP contribution in [0.4, 0.5) is 0 Å². The second kappa shape index (κ2) is 4.79. The number of ether oxygens (including phenoxy) is 1. The summed E-state index contributed by atoms with van der Waals surface area (Å²) >= 11 is 0. The molecule has 3 aromatic rings. The van der Waals surface area contributed by atoms with E-state index in [-0.39, 0.29) is 0 Å². The van der Waals surface area contributed by atoms with Crippen molar-refractivity contribution < 1.29 is 4.74 Å². The van der Waals surface area contributed by atoms with Crippen LogP contribution in [0, 0.1) is 11.3 Å². The molecule has 0 unspecified atom stereocenters. The Bertz CT molecular complexity index is 752. The molecule has 2 aromatic carbocycles. The van der Waals surface area contributed by atoms with Gasteiger partial charge in [0.25, 0.3) is 0 Å². The molecule has 0 fully saturated rings. The molecule has 0 spiro atoms. The number of nitriles is 1. The topological polar surface area (TPSA) is 45.9 Å². The molecule has 0 radical (unpaired) electrons. The zero-order valence-corrected chi connectivity index (χ0v) is 10.1. The second-order valence-corrected chi connectivity index (χ2v) is 4.07. The van der Waals surface area contributed by atoms with Gasteiger partial charge in [-0.05, 0) is 23.6 Å². The molecule has 3 rings (SSSR count).